The zero-order valence-electron chi connectivity index (χ0n) is 11.1. The van der Waals surface area contributed by atoms with Crippen molar-refractivity contribution >= 4 is 17.8 Å². The van der Waals surface area contributed by atoms with E-state index in [4.69, 9.17) is 4.74 Å². The van der Waals surface area contributed by atoms with Crippen LogP contribution >= 0.6 is 0 Å². The molecule has 1 fully saturated rings. The highest BCUT2D eigenvalue weighted by Gasteiger charge is 2.32. The second-order valence-corrected chi connectivity index (χ2v) is 4.16. The first kappa shape index (κ1) is 15.6. The molecule has 0 unspecified atom stereocenters. The molecular formula is C12H20N2O5. The highest BCUT2D eigenvalue weighted by molar-refractivity contribution is 6.01. The molecule has 2 amide bonds. The van der Waals surface area contributed by atoms with Crippen LogP contribution in [0.5, 0.6) is 0 Å². The van der Waals surface area contributed by atoms with E-state index in [-0.39, 0.29) is 25.9 Å². The van der Waals surface area contributed by atoms with Crippen LogP contribution in [0, 0.1) is 0 Å². The van der Waals surface area contributed by atoms with Gasteiger partial charge >= 0.3 is 5.97 Å². The molecule has 1 N–H and O–H groups in total. The number of ether oxygens (including phenoxy) is 1. The molecule has 0 radical (unpaired) electrons. The number of hydroxylamine groups is 2. The molecule has 108 valence electrons. The summed E-state index contributed by atoms with van der Waals surface area (Å²) in [5, 5.41) is 3.70. The highest BCUT2D eigenvalue weighted by Crippen LogP contribution is 2.12. The summed E-state index contributed by atoms with van der Waals surface area (Å²) < 4.78 is 5.22. The molecule has 1 aliphatic rings. The number of amides is 2. The van der Waals surface area contributed by atoms with Crippen LogP contribution in [0.4, 0.5) is 0 Å². The second-order valence-electron chi connectivity index (χ2n) is 4.16. The normalized spacial score (nSPS) is 15.1. The lowest BCUT2D eigenvalue weighted by atomic mass is 10.4. The first-order valence-electron chi connectivity index (χ1n) is 6.50. The fraction of sp³-hybridized carbons (Fsp3) is 0.750. The van der Waals surface area contributed by atoms with Crippen molar-refractivity contribution in [2.45, 2.75) is 32.6 Å². The fourth-order valence-corrected chi connectivity index (χ4v) is 1.51. The molecule has 0 bridgehead atoms. The minimum Gasteiger partial charge on any atom is -0.380 e. The topological polar surface area (TPSA) is 84.9 Å². The molecule has 0 saturated carbocycles. The number of carbonyl (C=O) groups is 3. The van der Waals surface area contributed by atoms with E-state index >= 15 is 0 Å². The maximum absolute atomic E-state index is 11.4. The van der Waals surface area contributed by atoms with E-state index in [1.165, 1.54) is 0 Å². The monoisotopic (exact) mass is 272 g/mol. The van der Waals surface area contributed by atoms with E-state index in [2.05, 4.69) is 17.1 Å². The average molecular weight is 272 g/mol. The standard InChI is InChI=1S/C12H20N2O5/c1-2-6-13-7-9-18-8-5-12(17)19-14-10(15)3-4-11(14)16/h13H,2-9H2,1H3. The molecule has 0 aromatic heterocycles. The molecule has 0 spiro atoms. The van der Waals surface area contributed by atoms with Crippen LogP contribution in [0.1, 0.15) is 32.6 Å². The van der Waals surface area contributed by atoms with Crippen molar-refractivity contribution in [2.75, 3.05) is 26.3 Å². The van der Waals surface area contributed by atoms with Crippen molar-refractivity contribution in [3.63, 3.8) is 0 Å². The van der Waals surface area contributed by atoms with Crippen LogP contribution in [0.25, 0.3) is 0 Å². The second kappa shape index (κ2) is 8.60. The number of imide groups is 1. The SMILES string of the molecule is CCCNCCOCCC(=O)ON1C(=O)CCC1=O. The van der Waals surface area contributed by atoms with Gasteiger partial charge in [0.1, 0.15) is 0 Å². The summed E-state index contributed by atoms with van der Waals surface area (Å²) in [5.41, 5.74) is 0. The molecule has 7 heteroatoms. The number of nitrogens with one attached hydrogen (secondary N) is 1. The van der Waals surface area contributed by atoms with Crippen molar-refractivity contribution in [1.82, 2.24) is 10.4 Å². The van der Waals surface area contributed by atoms with Crippen molar-refractivity contribution in [3.8, 4) is 0 Å². The molecule has 19 heavy (non-hydrogen) atoms. The zero-order valence-corrected chi connectivity index (χ0v) is 11.1. The van der Waals surface area contributed by atoms with Crippen LogP contribution < -0.4 is 5.32 Å². The van der Waals surface area contributed by atoms with Gasteiger partial charge in [-0.15, -0.1) is 5.06 Å². The van der Waals surface area contributed by atoms with E-state index in [0.29, 0.717) is 11.7 Å². The van der Waals surface area contributed by atoms with Gasteiger partial charge < -0.3 is 14.9 Å². The van der Waals surface area contributed by atoms with Gasteiger partial charge in [0.15, 0.2) is 0 Å². The molecular weight excluding hydrogens is 252 g/mol. The van der Waals surface area contributed by atoms with Gasteiger partial charge in [-0.1, -0.05) is 6.92 Å². The van der Waals surface area contributed by atoms with Gasteiger partial charge in [-0.25, -0.2) is 4.79 Å². The predicted octanol–water partition coefficient (Wildman–Crippen LogP) is -0.000100. The van der Waals surface area contributed by atoms with Crippen molar-refractivity contribution in [3.05, 3.63) is 0 Å². The first-order chi connectivity index (χ1) is 9.15. The quantitative estimate of drug-likeness (QED) is 0.470. The Balaban J connectivity index is 2.05. The van der Waals surface area contributed by atoms with Crippen molar-refractivity contribution < 1.29 is 24.0 Å². The van der Waals surface area contributed by atoms with Gasteiger partial charge in [-0.3, -0.25) is 9.59 Å². The van der Waals surface area contributed by atoms with Gasteiger partial charge in [0.25, 0.3) is 11.8 Å². The van der Waals surface area contributed by atoms with Gasteiger partial charge in [0.05, 0.1) is 19.6 Å². The van der Waals surface area contributed by atoms with Gasteiger partial charge in [-0.05, 0) is 13.0 Å². The van der Waals surface area contributed by atoms with Crippen LogP contribution in [-0.4, -0.2) is 49.2 Å². The summed E-state index contributed by atoms with van der Waals surface area (Å²) in [7, 11) is 0. The van der Waals surface area contributed by atoms with E-state index < -0.39 is 17.8 Å². The highest BCUT2D eigenvalue weighted by atomic mass is 16.7. The lowest BCUT2D eigenvalue weighted by Gasteiger charge is -2.12. The Labute approximate surface area is 112 Å². The Hall–Kier alpha value is -1.47. The van der Waals surface area contributed by atoms with Crippen LogP contribution in [0.2, 0.25) is 0 Å². The fourth-order valence-electron chi connectivity index (χ4n) is 1.51. The molecule has 1 heterocycles. The molecule has 0 aliphatic carbocycles. The summed E-state index contributed by atoms with van der Waals surface area (Å²) in [6.45, 7) is 4.46. The maximum atomic E-state index is 11.4. The molecule has 0 atom stereocenters. The number of hydrogen-bond donors (Lipinski definition) is 1. The van der Waals surface area contributed by atoms with Crippen LogP contribution in [0.3, 0.4) is 0 Å². The zero-order chi connectivity index (χ0) is 14.1. The molecule has 1 saturated heterocycles. The van der Waals surface area contributed by atoms with Crippen LogP contribution in [0.15, 0.2) is 0 Å². The lowest BCUT2D eigenvalue weighted by molar-refractivity contribution is -0.198. The average Bonchev–Trinajstić information content (AvgIpc) is 2.69. The van der Waals surface area contributed by atoms with Gasteiger partial charge in [-0.2, -0.15) is 0 Å². The molecule has 0 aromatic rings. The van der Waals surface area contributed by atoms with Crippen molar-refractivity contribution in [2.24, 2.45) is 0 Å². The summed E-state index contributed by atoms with van der Waals surface area (Å²) in [4.78, 5) is 38.4. The Morgan fingerprint density at radius 1 is 1.21 bits per heavy atom. The lowest BCUT2D eigenvalue weighted by Crippen LogP contribution is -2.32. The molecule has 0 aromatic carbocycles. The van der Waals surface area contributed by atoms with E-state index in [9.17, 15) is 14.4 Å². The third kappa shape index (κ3) is 5.80. The Kier molecular flexibility index (Phi) is 7.06. The minimum absolute atomic E-state index is 0.0187. The van der Waals surface area contributed by atoms with E-state index in [1.54, 1.807) is 0 Å². The largest absolute Gasteiger partial charge is 0.380 e. The third-order valence-corrected chi connectivity index (χ3v) is 2.50. The molecule has 1 aliphatic heterocycles. The van der Waals surface area contributed by atoms with Gasteiger partial charge in [0, 0.05) is 19.4 Å². The summed E-state index contributed by atoms with van der Waals surface area (Å²) >= 11 is 0. The number of carbonyl (C=O) groups excluding carboxylic acids is 3. The summed E-state index contributed by atoms with van der Waals surface area (Å²) in [6, 6.07) is 0. The van der Waals surface area contributed by atoms with E-state index in [0.717, 1.165) is 19.5 Å². The molecule has 7 nitrogen and oxygen atoms in total. The number of rotatable bonds is 9. The number of nitrogens with zero attached hydrogens (tertiary/aromatic N) is 1. The Morgan fingerprint density at radius 2 is 1.89 bits per heavy atom. The summed E-state index contributed by atoms with van der Waals surface area (Å²) in [6.07, 6.45) is 1.28. The smallest absolute Gasteiger partial charge is 0.335 e. The minimum atomic E-state index is -0.634. The van der Waals surface area contributed by atoms with E-state index in [1.807, 2.05) is 0 Å². The van der Waals surface area contributed by atoms with Gasteiger partial charge in [0.2, 0.25) is 0 Å². The third-order valence-electron chi connectivity index (χ3n) is 2.50. The Bertz CT molecular complexity index is 316. The molecule has 1 rings (SSSR count). The Morgan fingerprint density at radius 3 is 2.53 bits per heavy atom. The van der Waals surface area contributed by atoms with Crippen LogP contribution in [-0.2, 0) is 24.0 Å². The first-order valence-corrected chi connectivity index (χ1v) is 6.50. The predicted molar refractivity (Wildman–Crippen MR) is 65.8 cm³/mol. The number of hydrogen-bond acceptors (Lipinski definition) is 6. The van der Waals surface area contributed by atoms with Crippen molar-refractivity contribution in [1.29, 1.82) is 0 Å². The maximum Gasteiger partial charge on any atom is 0.335 e. The summed E-state index contributed by atoms with van der Waals surface area (Å²) in [5.74, 6) is -1.57.